The smallest absolute Gasteiger partial charge is 0.223 e. The fraction of sp³-hybridized carbons (Fsp3) is 0.429. The highest BCUT2D eigenvalue weighted by Crippen LogP contribution is 2.27. The zero-order valence-electron chi connectivity index (χ0n) is 12.0. The second kappa shape index (κ2) is 5.97. The van der Waals surface area contributed by atoms with Crippen molar-refractivity contribution >= 4 is 28.5 Å². The second-order valence-corrected chi connectivity index (χ2v) is 5.66. The number of rotatable bonds is 4. The lowest BCUT2D eigenvalue weighted by molar-refractivity contribution is -0.128. The summed E-state index contributed by atoms with van der Waals surface area (Å²) in [5.41, 5.74) is 0.373. The third kappa shape index (κ3) is 3.00. The molecule has 1 amide bonds. The molecular weight excluding hydrogens is 300 g/mol. The molecular formula is C14H16ClF2N3O. The molecule has 7 heteroatoms. The zero-order valence-corrected chi connectivity index (χ0v) is 12.8. The van der Waals surface area contributed by atoms with E-state index in [1.165, 1.54) is 15.5 Å². The molecule has 21 heavy (non-hydrogen) atoms. The average molecular weight is 316 g/mol. The van der Waals surface area contributed by atoms with E-state index in [-0.39, 0.29) is 24.4 Å². The maximum atomic E-state index is 14.0. The summed E-state index contributed by atoms with van der Waals surface area (Å²) in [4.78, 5) is 17.4. The van der Waals surface area contributed by atoms with Gasteiger partial charge in [-0.2, -0.15) is 0 Å². The Hall–Kier alpha value is -1.69. The first-order valence-electron chi connectivity index (χ1n) is 6.51. The molecule has 0 N–H and O–H groups in total. The van der Waals surface area contributed by atoms with Crippen molar-refractivity contribution in [3.8, 4) is 0 Å². The van der Waals surface area contributed by atoms with E-state index in [0.717, 1.165) is 6.07 Å². The Morgan fingerprint density at radius 1 is 1.43 bits per heavy atom. The van der Waals surface area contributed by atoms with Gasteiger partial charge in [0.2, 0.25) is 5.91 Å². The van der Waals surface area contributed by atoms with Gasteiger partial charge in [0.1, 0.15) is 11.3 Å². The molecule has 0 aliphatic rings. The highest BCUT2D eigenvalue weighted by Gasteiger charge is 2.20. The molecule has 1 aromatic heterocycles. The van der Waals surface area contributed by atoms with E-state index in [0.29, 0.717) is 11.3 Å². The largest absolute Gasteiger partial charge is 0.349 e. The van der Waals surface area contributed by atoms with Crippen LogP contribution in [0.15, 0.2) is 12.1 Å². The van der Waals surface area contributed by atoms with Gasteiger partial charge in [0.15, 0.2) is 11.6 Å². The minimum atomic E-state index is -0.971. The maximum Gasteiger partial charge on any atom is 0.223 e. The number of alkyl halides is 1. The first-order chi connectivity index (χ1) is 9.82. The van der Waals surface area contributed by atoms with Gasteiger partial charge in [-0.05, 0) is 19.1 Å². The fourth-order valence-electron chi connectivity index (χ4n) is 2.14. The van der Waals surface area contributed by atoms with E-state index in [2.05, 4.69) is 4.98 Å². The van der Waals surface area contributed by atoms with Crippen LogP contribution in [0.4, 0.5) is 8.78 Å². The second-order valence-electron chi connectivity index (χ2n) is 5.00. The number of imidazole rings is 1. The van der Waals surface area contributed by atoms with E-state index in [1.54, 1.807) is 21.0 Å². The highest BCUT2D eigenvalue weighted by atomic mass is 35.5. The lowest BCUT2D eigenvalue weighted by atomic mass is 10.2. The quantitative estimate of drug-likeness (QED) is 0.813. The Kier molecular flexibility index (Phi) is 4.46. The monoisotopic (exact) mass is 315 g/mol. The minimum absolute atomic E-state index is 0.0454. The molecule has 0 saturated carbocycles. The minimum Gasteiger partial charge on any atom is -0.349 e. The van der Waals surface area contributed by atoms with E-state index < -0.39 is 17.0 Å². The van der Waals surface area contributed by atoms with Crippen LogP contribution in [-0.2, 0) is 11.3 Å². The van der Waals surface area contributed by atoms with Crippen molar-refractivity contribution in [2.45, 2.75) is 25.3 Å². The highest BCUT2D eigenvalue weighted by molar-refractivity contribution is 6.20. The molecule has 1 heterocycles. The maximum absolute atomic E-state index is 14.0. The number of carbonyl (C=O) groups excluding carboxylic acids is 1. The van der Waals surface area contributed by atoms with Crippen molar-refractivity contribution in [1.29, 1.82) is 0 Å². The topological polar surface area (TPSA) is 38.1 Å². The Balaban J connectivity index is 2.50. The molecule has 1 atom stereocenters. The number of hydrogen-bond donors (Lipinski definition) is 0. The Morgan fingerprint density at radius 3 is 2.67 bits per heavy atom. The zero-order chi connectivity index (χ0) is 15.7. The number of fused-ring (bicyclic) bond motifs is 1. The molecule has 0 spiro atoms. The van der Waals surface area contributed by atoms with Gasteiger partial charge in [-0.25, -0.2) is 13.8 Å². The van der Waals surface area contributed by atoms with Crippen molar-refractivity contribution in [2.24, 2.45) is 0 Å². The summed E-state index contributed by atoms with van der Waals surface area (Å²) >= 11 is 6.05. The van der Waals surface area contributed by atoms with Crippen LogP contribution < -0.4 is 0 Å². The molecule has 1 unspecified atom stereocenters. The van der Waals surface area contributed by atoms with Gasteiger partial charge in [-0.3, -0.25) is 4.79 Å². The molecule has 2 rings (SSSR count). The van der Waals surface area contributed by atoms with Crippen molar-refractivity contribution in [1.82, 2.24) is 14.5 Å². The number of nitrogens with zero attached hydrogens (tertiary/aromatic N) is 3. The van der Waals surface area contributed by atoms with Gasteiger partial charge >= 0.3 is 0 Å². The molecule has 0 radical (unpaired) electrons. The summed E-state index contributed by atoms with van der Waals surface area (Å²) in [5.74, 6) is -1.61. The number of halogens is 3. The van der Waals surface area contributed by atoms with E-state index in [9.17, 15) is 13.6 Å². The SMILES string of the molecule is CC(Cl)c1nc2ccc(F)c(F)c2n1CCC(=O)N(C)C. The van der Waals surface area contributed by atoms with Gasteiger partial charge in [-0.15, -0.1) is 11.6 Å². The van der Waals surface area contributed by atoms with Crippen molar-refractivity contribution < 1.29 is 13.6 Å². The van der Waals surface area contributed by atoms with Crippen molar-refractivity contribution in [3.63, 3.8) is 0 Å². The summed E-state index contributed by atoms with van der Waals surface area (Å²) in [6.45, 7) is 1.89. The normalized spacial score (nSPS) is 12.7. The number of aromatic nitrogens is 2. The van der Waals surface area contributed by atoms with Crippen LogP contribution in [0.2, 0.25) is 0 Å². The summed E-state index contributed by atoms with van der Waals surface area (Å²) < 4.78 is 29.0. The lowest BCUT2D eigenvalue weighted by Crippen LogP contribution is -2.23. The molecule has 114 valence electrons. The third-order valence-electron chi connectivity index (χ3n) is 3.23. The van der Waals surface area contributed by atoms with Gasteiger partial charge in [-0.1, -0.05) is 0 Å². The van der Waals surface area contributed by atoms with Crippen LogP contribution in [0.3, 0.4) is 0 Å². The van der Waals surface area contributed by atoms with Crippen molar-refractivity contribution in [3.05, 3.63) is 29.6 Å². The number of hydrogen-bond acceptors (Lipinski definition) is 2. The summed E-state index contributed by atoms with van der Waals surface area (Å²) in [6.07, 6.45) is 0.158. The molecule has 0 bridgehead atoms. The molecule has 0 aliphatic carbocycles. The third-order valence-corrected chi connectivity index (χ3v) is 3.43. The van der Waals surface area contributed by atoms with Crippen LogP contribution in [0.1, 0.15) is 24.5 Å². The van der Waals surface area contributed by atoms with Gasteiger partial charge in [0, 0.05) is 27.1 Å². The summed E-state index contributed by atoms with van der Waals surface area (Å²) in [6, 6.07) is 2.43. The standard InChI is InChI=1S/C14H16ClF2N3O/c1-8(15)14-18-10-5-4-9(16)12(17)13(10)20(14)7-6-11(21)19(2)3/h4-5,8H,6-7H2,1-3H3. The van der Waals surface area contributed by atoms with Crippen molar-refractivity contribution in [2.75, 3.05) is 14.1 Å². The van der Waals surface area contributed by atoms with E-state index in [1.807, 2.05) is 0 Å². The average Bonchev–Trinajstić information content (AvgIpc) is 2.79. The summed E-state index contributed by atoms with van der Waals surface area (Å²) in [5, 5.41) is -0.477. The summed E-state index contributed by atoms with van der Waals surface area (Å²) in [7, 11) is 3.28. The van der Waals surface area contributed by atoms with Crippen LogP contribution in [0, 0.1) is 11.6 Å². The number of amides is 1. The molecule has 0 saturated heterocycles. The Morgan fingerprint density at radius 2 is 2.10 bits per heavy atom. The molecule has 0 aliphatic heterocycles. The molecule has 2 aromatic rings. The van der Waals surface area contributed by atoms with Gasteiger partial charge in [0.25, 0.3) is 0 Å². The van der Waals surface area contributed by atoms with Crippen LogP contribution >= 0.6 is 11.6 Å². The molecule has 0 fully saturated rings. The Bertz CT molecular complexity index is 682. The fourth-order valence-corrected chi connectivity index (χ4v) is 2.30. The van der Waals surface area contributed by atoms with Gasteiger partial charge < -0.3 is 9.47 Å². The van der Waals surface area contributed by atoms with E-state index >= 15 is 0 Å². The lowest BCUT2D eigenvalue weighted by Gasteiger charge is -2.13. The van der Waals surface area contributed by atoms with Gasteiger partial charge in [0.05, 0.1) is 10.9 Å². The predicted molar refractivity (Wildman–Crippen MR) is 77.2 cm³/mol. The predicted octanol–water partition coefficient (Wildman–Crippen LogP) is 3.09. The molecule has 1 aromatic carbocycles. The van der Waals surface area contributed by atoms with Crippen LogP contribution in [0.25, 0.3) is 11.0 Å². The number of carbonyl (C=O) groups is 1. The first kappa shape index (κ1) is 15.7. The number of aryl methyl sites for hydroxylation is 1. The van der Waals surface area contributed by atoms with Crippen LogP contribution in [-0.4, -0.2) is 34.5 Å². The molecule has 4 nitrogen and oxygen atoms in total. The number of benzene rings is 1. The van der Waals surface area contributed by atoms with E-state index in [4.69, 9.17) is 11.6 Å². The van der Waals surface area contributed by atoms with Crippen LogP contribution in [0.5, 0.6) is 0 Å². The first-order valence-corrected chi connectivity index (χ1v) is 6.95. The Labute approximate surface area is 126 Å².